The van der Waals surface area contributed by atoms with Crippen molar-refractivity contribution in [1.29, 1.82) is 0 Å². The second-order valence-electron chi connectivity index (χ2n) is 6.52. The molecule has 0 aromatic rings. The highest BCUT2D eigenvalue weighted by Gasteiger charge is 2.26. The first-order valence-corrected chi connectivity index (χ1v) is 8.97. The maximum atomic E-state index is 11.3. The van der Waals surface area contributed by atoms with Crippen molar-refractivity contribution in [3.63, 3.8) is 0 Å². The number of esters is 1. The molecule has 136 valence electrons. The minimum Gasteiger partial charge on any atom is -0.466 e. The van der Waals surface area contributed by atoms with Crippen LogP contribution in [0.3, 0.4) is 0 Å². The molecule has 0 aromatic heterocycles. The van der Waals surface area contributed by atoms with Crippen LogP contribution >= 0.6 is 0 Å². The van der Waals surface area contributed by atoms with Gasteiger partial charge in [0, 0.05) is 20.8 Å². The molecule has 0 radical (unpaired) electrons. The lowest BCUT2D eigenvalue weighted by Gasteiger charge is -2.25. The van der Waals surface area contributed by atoms with Gasteiger partial charge in [0.05, 0.1) is 24.7 Å². The number of hydrogen-bond donors (Lipinski definition) is 1. The Bertz CT molecular complexity index is 293. The van der Waals surface area contributed by atoms with Gasteiger partial charge >= 0.3 is 5.97 Å². The third kappa shape index (κ3) is 7.64. The SMILES string of the molecule is CCOC(=O)C1CCC(OC)CC1.CO[C@H]1CC[C@H](CO)CC1. The lowest BCUT2D eigenvalue weighted by molar-refractivity contribution is -0.149. The Hall–Kier alpha value is -0.650. The molecule has 0 unspecified atom stereocenters. The van der Waals surface area contributed by atoms with E-state index in [1.807, 2.05) is 6.92 Å². The van der Waals surface area contributed by atoms with Crippen LogP contribution in [-0.2, 0) is 19.0 Å². The summed E-state index contributed by atoms with van der Waals surface area (Å²) < 4.78 is 15.4. The molecule has 2 fully saturated rings. The van der Waals surface area contributed by atoms with Crippen molar-refractivity contribution in [1.82, 2.24) is 0 Å². The molecule has 0 spiro atoms. The van der Waals surface area contributed by atoms with E-state index in [0.29, 0.717) is 31.3 Å². The van der Waals surface area contributed by atoms with E-state index in [-0.39, 0.29) is 11.9 Å². The molecule has 2 aliphatic rings. The molecular formula is C18H34O5. The van der Waals surface area contributed by atoms with Crippen molar-refractivity contribution >= 4 is 5.97 Å². The van der Waals surface area contributed by atoms with Crippen LogP contribution in [0.1, 0.15) is 58.3 Å². The average molecular weight is 330 g/mol. The van der Waals surface area contributed by atoms with Gasteiger partial charge in [0.2, 0.25) is 0 Å². The first-order chi connectivity index (χ1) is 11.1. The standard InChI is InChI=1S/C10H18O3.C8H16O2/c1-3-13-10(11)8-4-6-9(12-2)7-5-8;1-10-8-4-2-7(6-9)3-5-8/h8-9H,3-7H2,1-2H3;7-9H,2-6H2,1H3/t;7-,8-. The monoisotopic (exact) mass is 330 g/mol. The molecule has 23 heavy (non-hydrogen) atoms. The van der Waals surface area contributed by atoms with Crippen molar-refractivity contribution in [2.24, 2.45) is 11.8 Å². The molecule has 0 aromatic carbocycles. The van der Waals surface area contributed by atoms with Gasteiger partial charge in [-0.3, -0.25) is 4.79 Å². The number of hydrogen-bond acceptors (Lipinski definition) is 5. The summed E-state index contributed by atoms with van der Waals surface area (Å²) in [6.07, 6.45) is 9.13. The molecule has 0 aliphatic heterocycles. The molecule has 5 nitrogen and oxygen atoms in total. The van der Waals surface area contributed by atoms with Gasteiger partial charge in [-0.1, -0.05) is 0 Å². The Kier molecular flexibility index (Phi) is 10.5. The summed E-state index contributed by atoms with van der Waals surface area (Å²) in [7, 11) is 3.50. The van der Waals surface area contributed by atoms with Crippen LogP contribution in [-0.4, -0.2) is 50.7 Å². The van der Waals surface area contributed by atoms with Crippen LogP contribution in [0.4, 0.5) is 0 Å². The fourth-order valence-electron chi connectivity index (χ4n) is 3.34. The van der Waals surface area contributed by atoms with Gasteiger partial charge in [-0.2, -0.15) is 0 Å². The minimum absolute atomic E-state index is 0.0305. The zero-order chi connectivity index (χ0) is 17.1. The summed E-state index contributed by atoms with van der Waals surface area (Å²) in [5.74, 6) is 0.634. The van der Waals surface area contributed by atoms with E-state index in [9.17, 15) is 4.79 Å². The molecule has 0 atom stereocenters. The van der Waals surface area contributed by atoms with Gasteiger partial charge in [-0.15, -0.1) is 0 Å². The predicted molar refractivity (Wildman–Crippen MR) is 89.2 cm³/mol. The lowest BCUT2D eigenvalue weighted by Crippen LogP contribution is -2.26. The van der Waals surface area contributed by atoms with Crippen LogP contribution in [0, 0.1) is 11.8 Å². The number of carbonyl (C=O) groups excluding carboxylic acids is 1. The molecule has 0 amide bonds. The molecule has 5 heteroatoms. The Balaban J connectivity index is 0.000000238. The number of aliphatic hydroxyl groups is 1. The fourth-order valence-corrected chi connectivity index (χ4v) is 3.34. The molecular weight excluding hydrogens is 296 g/mol. The van der Waals surface area contributed by atoms with E-state index in [4.69, 9.17) is 19.3 Å². The van der Waals surface area contributed by atoms with Crippen LogP contribution in [0.5, 0.6) is 0 Å². The van der Waals surface area contributed by atoms with Gasteiger partial charge in [0.15, 0.2) is 0 Å². The van der Waals surface area contributed by atoms with Crippen molar-refractivity contribution in [3.8, 4) is 0 Å². The average Bonchev–Trinajstić information content (AvgIpc) is 2.62. The Morgan fingerprint density at radius 2 is 1.39 bits per heavy atom. The van der Waals surface area contributed by atoms with Gasteiger partial charge in [0.1, 0.15) is 0 Å². The second kappa shape index (κ2) is 11.8. The topological polar surface area (TPSA) is 65.0 Å². The van der Waals surface area contributed by atoms with E-state index in [2.05, 4.69) is 0 Å². The maximum absolute atomic E-state index is 11.3. The van der Waals surface area contributed by atoms with Crippen molar-refractivity contribution in [2.45, 2.75) is 70.5 Å². The molecule has 0 saturated heterocycles. The van der Waals surface area contributed by atoms with Crippen molar-refractivity contribution in [2.75, 3.05) is 27.4 Å². The van der Waals surface area contributed by atoms with Gasteiger partial charge in [-0.05, 0) is 64.2 Å². The Morgan fingerprint density at radius 1 is 0.913 bits per heavy atom. The van der Waals surface area contributed by atoms with Crippen LogP contribution in [0.15, 0.2) is 0 Å². The van der Waals surface area contributed by atoms with Gasteiger partial charge in [0.25, 0.3) is 0 Å². The van der Waals surface area contributed by atoms with E-state index >= 15 is 0 Å². The van der Waals surface area contributed by atoms with Crippen LogP contribution in [0.25, 0.3) is 0 Å². The number of rotatable bonds is 5. The van der Waals surface area contributed by atoms with Crippen molar-refractivity contribution in [3.05, 3.63) is 0 Å². The normalized spacial score (nSPS) is 31.0. The maximum Gasteiger partial charge on any atom is 0.308 e. The first-order valence-electron chi connectivity index (χ1n) is 8.97. The van der Waals surface area contributed by atoms with Gasteiger partial charge in [-0.25, -0.2) is 0 Å². The Labute approximate surface area is 140 Å². The Morgan fingerprint density at radius 3 is 1.78 bits per heavy atom. The number of carbonyl (C=O) groups is 1. The smallest absolute Gasteiger partial charge is 0.308 e. The summed E-state index contributed by atoms with van der Waals surface area (Å²) in [5.41, 5.74) is 0. The molecule has 2 saturated carbocycles. The summed E-state index contributed by atoms with van der Waals surface area (Å²) in [4.78, 5) is 11.3. The van der Waals surface area contributed by atoms with Crippen molar-refractivity contribution < 1.29 is 24.1 Å². The summed E-state index contributed by atoms with van der Waals surface area (Å²) >= 11 is 0. The number of methoxy groups -OCH3 is 2. The van der Waals surface area contributed by atoms with E-state index in [0.717, 1.165) is 51.4 Å². The molecule has 1 N–H and O–H groups in total. The highest BCUT2D eigenvalue weighted by Crippen LogP contribution is 2.26. The molecule has 0 heterocycles. The summed E-state index contributed by atoms with van der Waals surface area (Å²) in [5, 5.41) is 8.81. The minimum atomic E-state index is -0.0305. The lowest BCUT2D eigenvalue weighted by atomic mass is 9.87. The van der Waals surface area contributed by atoms with Gasteiger partial charge < -0.3 is 19.3 Å². The summed E-state index contributed by atoms with van der Waals surface area (Å²) in [6, 6.07) is 0. The number of aliphatic hydroxyl groups excluding tert-OH is 1. The molecule has 2 aliphatic carbocycles. The van der Waals surface area contributed by atoms with E-state index in [1.54, 1.807) is 14.2 Å². The molecule has 2 rings (SSSR count). The zero-order valence-electron chi connectivity index (χ0n) is 15.0. The predicted octanol–water partition coefficient (Wildman–Crippen LogP) is 2.94. The highest BCUT2D eigenvalue weighted by molar-refractivity contribution is 5.72. The van der Waals surface area contributed by atoms with E-state index in [1.165, 1.54) is 0 Å². The second-order valence-corrected chi connectivity index (χ2v) is 6.52. The largest absolute Gasteiger partial charge is 0.466 e. The number of ether oxygens (including phenoxy) is 3. The third-order valence-corrected chi connectivity index (χ3v) is 5.01. The fraction of sp³-hybridized carbons (Fsp3) is 0.944. The quantitative estimate of drug-likeness (QED) is 0.785. The van der Waals surface area contributed by atoms with E-state index < -0.39 is 0 Å². The molecule has 0 bridgehead atoms. The van der Waals surface area contributed by atoms with Crippen LogP contribution < -0.4 is 0 Å². The zero-order valence-corrected chi connectivity index (χ0v) is 15.0. The van der Waals surface area contributed by atoms with Crippen LogP contribution in [0.2, 0.25) is 0 Å². The summed E-state index contributed by atoms with van der Waals surface area (Å²) in [6.45, 7) is 2.69. The third-order valence-electron chi connectivity index (χ3n) is 5.01. The highest BCUT2D eigenvalue weighted by atomic mass is 16.5. The first kappa shape index (κ1) is 20.4.